The van der Waals surface area contributed by atoms with Gasteiger partial charge in [-0.3, -0.25) is 4.79 Å². The lowest BCUT2D eigenvalue weighted by Crippen LogP contribution is -2.14. The highest BCUT2D eigenvalue weighted by molar-refractivity contribution is 6.31. The highest BCUT2D eigenvalue weighted by atomic mass is 35.5. The molecule has 0 aliphatic carbocycles. The maximum absolute atomic E-state index is 13.0. The lowest BCUT2D eigenvalue weighted by Gasteiger charge is -2.13. The molecule has 162 valence electrons. The van der Waals surface area contributed by atoms with E-state index in [1.54, 1.807) is 24.3 Å². The molecule has 0 bridgehead atoms. The molecule has 5 heteroatoms. The first kappa shape index (κ1) is 22.1. The lowest BCUT2D eigenvalue weighted by atomic mass is 10.0. The van der Waals surface area contributed by atoms with E-state index in [1.165, 1.54) is 0 Å². The fourth-order valence-electron chi connectivity index (χ4n) is 3.81. The zero-order valence-corrected chi connectivity index (χ0v) is 19.1. The Bertz CT molecular complexity index is 1380. The molecule has 1 heterocycles. The van der Waals surface area contributed by atoms with Gasteiger partial charge in [-0.25, -0.2) is 0 Å². The van der Waals surface area contributed by atoms with Crippen LogP contribution in [-0.4, -0.2) is 10.5 Å². The minimum atomic E-state index is -0.480. The number of rotatable bonds is 5. The van der Waals surface area contributed by atoms with Crippen LogP contribution in [0.25, 0.3) is 23.0 Å². The maximum Gasteiger partial charge on any atom is 0.266 e. The van der Waals surface area contributed by atoms with Crippen molar-refractivity contribution in [3.63, 3.8) is 0 Å². The van der Waals surface area contributed by atoms with E-state index < -0.39 is 5.91 Å². The summed E-state index contributed by atoms with van der Waals surface area (Å²) in [5.74, 6) is -0.480. The maximum atomic E-state index is 13.0. The van der Waals surface area contributed by atoms with Crippen molar-refractivity contribution in [3.8, 4) is 23.0 Å². The van der Waals surface area contributed by atoms with Crippen LogP contribution >= 0.6 is 11.6 Å². The third-order valence-corrected chi connectivity index (χ3v) is 5.87. The number of nitrogens with zero attached hydrogens (tertiary/aromatic N) is 2. The minimum absolute atomic E-state index is 0.0109. The number of hydrogen-bond donors (Lipinski definition) is 1. The number of nitrogens with one attached hydrogen (secondary N) is 1. The smallest absolute Gasteiger partial charge is 0.266 e. The number of aryl methyl sites for hydroxylation is 1. The summed E-state index contributed by atoms with van der Waals surface area (Å²) in [5.41, 5.74) is 6.04. The Morgan fingerprint density at radius 2 is 1.64 bits per heavy atom. The number of aromatic nitrogens is 1. The molecular weight excluding hydrogens is 430 g/mol. The number of carbonyl (C=O) groups is 1. The van der Waals surface area contributed by atoms with Gasteiger partial charge in [-0.15, -0.1) is 0 Å². The van der Waals surface area contributed by atoms with Crippen molar-refractivity contribution >= 4 is 29.3 Å². The molecule has 4 aromatic rings. The number of para-hydroxylation sites is 1. The second kappa shape index (κ2) is 9.60. The van der Waals surface area contributed by atoms with Gasteiger partial charge in [0.15, 0.2) is 0 Å². The molecule has 0 unspecified atom stereocenters. The standard InChI is InChI=1S/C28H22ClN3O/c1-19-16-22(17-23(18-30)28(33)31-26-15-9-14-25(29)20(26)2)27(21-10-5-3-6-11-21)32(19)24-12-7-4-8-13-24/h3-17H,1-2H3,(H,31,33)/b23-17-. The van der Waals surface area contributed by atoms with Gasteiger partial charge < -0.3 is 9.88 Å². The Hall–Kier alpha value is -4.07. The number of carbonyl (C=O) groups excluding carboxylic acids is 1. The Kier molecular flexibility index (Phi) is 6.44. The minimum Gasteiger partial charge on any atom is -0.321 e. The van der Waals surface area contributed by atoms with Crippen molar-refractivity contribution in [2.45, 2.75) is 13.8 Å². The van der Waals surface area contributed by atoms with Crippen molar-refractivity contribution in [1.82, 2.24) is 4.57 Å². The molecule has 4 rings (SSSR count). The average molecular weight is 452 g/mol. The quantitative estimate of drug-likeness (QED) is 0.263. The highest BCUT2D eigenvalue weighted by Gasteiger charge is 2.18. The highest BCUT2D eigenvalue weighted by Crippen LogP contribution is 2.32. The summed E-state index contributed by atoms with van der Waals surface area (Å²) < 4.78 is 2.13. The van der Waals surface area contributed by atoms with Gasteiger partial charge in [-0.2, -0.15) is 5.26 Å². The molecule has 1 aromatic heterocycles. The van der Waals surface area contributed by atoms with Crippen LogP contribution in [0.4, 0.5) is 5.69 Å². The van der Waals surface area contributed by atoms with Gasteiger partial charge in [0.2, 0.25) is 0 Å². The average Bonchev–Trinajstić information content (AvgIpc) is 3.17. The van der Waals surface area contributed by atoms with Crippen molar-refractivity contribution in [3.05, 3.63) is 112 Å². The first-order valence-corrected chi connectivity index (χ1v) is 10.9. The van der Waals surface area contributed by atoms with E-state index in [1.807, 2.05) is 80.6 Å². The summed E-state index contributed by atoms with van der Waals surface area (Å²) in [6.07, 6.45) is 1.64. The molecule has 0 aliphatic heterocycles. The van der Waals surface area contributed by atoms with Crippen LogP contribution < -0.4 is 5.32 Å². The van der Waals surface area contributed by atoms with Crippen LogP contribution in [0, 0.1) is 25.2 Å². The first-order chi connectivity index (χ1) is 16.0. The third kappa shape index (κ3) is 4.59. The van der Waals surface area contributed by atoms with Crippen molar-refractivity contribution in [1.29, 1.82) is 5.26 Å². The number of anilines is 1. The molecular formula is C28H22ClN3O. The number of hydrogen-bond acceptors (Lipinski definition) is 2. The van der Waals surface area contributed by atoms with Gasteiger partial charge in [0.25, 0.3) is 5.91 Å². The van der Waals surface area contributed by atoms with Crippen LogP contribution in [0.2, 0.25) is 5.02 Å². The van der Waals surface area contributed by atoms with E-state index in [0.29, 0.717) is 10.7 Å². The SMILES string of the molecule is Cc1c(Cl)cccc1NC(=O)/C(C#N)=C\c1cc(C)n(-c2ccccc2)c1-c1ccccc1. The van der Waals surface area contributed by atoms with E-state index in [-0.39, 0.29) is 5.57 Å². The van der Waals surface area contributed by atoms with E-state index in [4.69, 9.17) is 11.6 Å². The Balaban J connectivity index is 1.82. The second-order valence-electron chi connectivity index (χ2n) is 7.66. The fourth-order valence-corrected chi connectivity index (χ4v) is 3.99. The summed E-state index contributed by atoms with van der Waals surface area (Å²) in [6.45, 7) is 3.84. The number of nitriles is 1. The van der Waals surface area contributed by atoms with Gasteiger partial charge in [-0.1, -0.05) is 66.2 Å². The van der Waals surface area contributed by atoms with Crippen LogP contribution in [0.5, 0.6) is 0 Å². The molecule has 4 nitrogen and oxygen atoms in total. The normalized spacial score (nSPS) is 11.2. The molecule has 0 spiro atoms. The van der Waals surface area contributed by atoms with Crippen LogP contribution in [0.1, 0.15) is 16.8 Å². The molecule has 0 fully saturated rings. The van der Waals surface area contributed by atoms with Crippen LogP contribution in [0.15, 0.2) is 90.5 Å². The predicted octanol–water partition coefficient (Wildman–Crippen LogP) is 6.96. The van der Waals surface area contributed by atoms with Gasteiger partial charge in [0.1, 0.15) is 11.6 Å². The summed E-state index contributed by atoms with van der Waals surface area (Å²) >= 11 is 6.17. The molecule has 3 aromatic carbocycles. The van der Waals surface area contributed by atoms with E-state index in [0.717, 1.165) is 33.8 Å². The largest absolute Gasteiger partial charge is 0.321 e. The Morgan fingerprint density at radius 3 is 2.30 bits per heavy atom. The van der Waals surface area contributed by atoms with Crippen molar-refractivity contribution < 1.29 is 4.79 Å². The lowest BCUT2D eigenvalue weighted by molar-refractivity contribution is -0.112. The summed E-state index contributed by atoms with van der Waals surface area (Å²) in [4.78, 5) is 13.0. The molecule has 0 atom stereocenters. The van der Waals surface area contributed by atoms with Crippen molar-refractivity contribution in [2.75, 3.05) is 5.32 Å². The number of benzene rings is 3. The van der Waals surface area contributed by atoms with E-state index in [9.17, 15) is 10.1 Å². The van der Waals surface area contributed by atoms with Gasteiger partial charge >= 0.3 is 0 Å². The van der Waals surface area contributed by atoms with E-state index >= 15 is 0 Å². The fraction of sp³-hybridized carbons (Fsp3) is 0.0714. The molecule has 0 saturated heterocycles. The van der Waals surface area contributed by atoms with Gasteiger partial charge in [-0.05, 0) is 61.4 Å². The molecule has 1 amide bonds. The van der Waals surface area contributed by atoms with Gasteiger partial charge in [0.05, 0.1) is 5.69 Å². The molecule has 1 N–H and O–H groups in total. The number of amides is 1. The third-order valence-electron chi connectivity index (χ3n) is 5.46. The number of halogens is 1. The summed E-state index contributed by atoms with van der Waals surface area (Å²) in [7, 11) is 0. The van der Waals surface area contributed by atoms with Crippen LogP contribution in [-0.2, 0) is 4.79 Å². The molecule has 0 aliphatic rings. The van der Waals surface area contributed by atoms with E-state index in [2.05, 4.69) is 16.0 Å². The summed E-state index contributed by atoms with van der Waals surface area (Å²) in [5, 5.41) is 13.2. The Morgan fingerprint density at radius 1 is 0.970 bits per heavy atom. The second-order valence-corrected chi connectivity index (χ2v) is 8.07. The molecule has 0 radical (unpaired) electrons. The topological polar surface area (TPSA) is 57.8 Å². The first-order valence-electron chi connectivity index (χ1n) is 10.5. The van der Waals surface area contributed by atoms with Crippen LogP contribution in [0.3, 0.4) is 0 Å². The molecule has 33 heavy (non-hydrogen) atoms. The monoisotopic (exact) mass is 451 g/mol. The zero-order valence-electron chi connectivity index (χ0n) is 18.3. The zero-order chi connectivity index (χ0) is 23.4. The van der Waals surface area contributed by atoms with Gasteiger partial charge in [0, 0.05) is 27.7 Å². The summed E-state index contributed by atoms with van der Waals surface area (Å²) in [6, 6.07) is 29.3. The Labute approximate surface area is 198 Å². The molecule has 0 saturated carbocycles. The van der Waals surface area contributed by atoms with Crippen molar-refractivity contribution in [2.24, 2.45) is 0 Å². The predicted molar refractivity (Wildman–Crippen MR) is 134 cm³/mol.